The minimum Gasteiger partial charge on any atom is -0.377 e. The van der Waals surface area contributed by atoms with Gasteiger partial charge in [-0.15, -0.1) is 0 Å². The van der Waals surface area contributed by atoms with E-state index in [1.165, 1.54) is 51.4 Å². The fraction of sp³-hybridized carbons (Fsp3) is 1.00. The first-order valence-corrected chi connectivity index (χ1v) is 9.08. The highest BCUT2D eigenvalue weighted by molar-refractivity contribution is 4.73. The Balaban J connectivity index is 1.43. The number of ether oxygens (including phenoxy) is 3. The molecule has 0 aromatic heterocycles. The first-order chi connectivity index (χ1) is 10.3. The summed E-state index contributed by atoms with van der Waals surface area (Å²) in [6, 6.07) is 0. The smallest absolute Gasteiger partial charge is 0.0704 e. The molecule has 2 saturated carbocycles. The van der Waals surface area contributed by atoms with Gasteiger partial charge in [0.2, 0.25) is 0 Å². The summed E-state index contributed by atoms with van der Waals surface area (Å²) in [6.07, 6.45) is 11.4. The molecule has 0 saturated heterocycles. The standard InChI is InChI=1S/C18H34O3/c1-15-7-3-5-9-17(15)20-13-11-19-12-14-21-18-10-6-4-8-16(18)2/h15-18H,3-14H2,1-2H3. The van der Waals surface area contributed by atoms with Gasteiger partial charge >= 0.3 is 0 Å². The van der Waals surface area contributed by atoms with Crippen molar-refractivity contribution in [2.75, 3.05) is 26.4 Å². The summed E-state index contributed by atoms with van der Waals surface area (Å²) < 4.78 is 17.5. The summed E-state index contributed by atoms with van der Waals surface area (Å²) in [7, 11) is 0. The van der Waals surface area contributed by atoms with Crippen molar-refractivity contribution in [2.24, 2.45) is 11.8 Å². The third-order valence-electron chi connectivity index (χ3n) is 5.18. The highest BCUT2D eigenvalue weighted by atomic mass is 16.5. The van der Waals surface area contributed by atoms with Gasteiger partial charge < -0.3 is 14.2 Å². The quantitative estimate of drug-likeness (QED) is 0.629. The van der Waals surface area contributed by atoms with Gasteiger partial charge in [0.15, 0.2) is 0 Å². The molecule has 2 aliphatic rings. The Morgan fingerprint density at radius 1 is 0.619 bits per heavy atom. The topological polar surface area (TPSA) is 27.7 Å². The zero-order chi connectivity index (χ0) is 14.9. The molecule has 0 N–H and O–H groups in total. The highest BCUT2D eigenvalue weighted by Gasteiger charge is 2.22. The average molecular weight is 298 g/mol. The van der Waals surface area contributed by atoms with Crippen LogP contribution in [0.25, 0.3) is 0 Å². The lowest BCUT2D eigenvalue weighted by atomic mass is 9.88. The molecule has 3 nitrogen and oxygen atoms in total. The van der Waals surface area contributed by atoms with E-state index in [1.807, 2.05) is 0 Å². The molecule has 0 spiro atoms. The second kappa shape index (κ2) is 9.81. The van der Waals surface area contributed by atoms with Crippen LogP contribution in [0.4, 0.5) is 0 Å². The summed E-state index contributed by atoms with van der Waals surface area (Å²) in [5, 5.41) is 0. The van der Waals surface area contributed by atoms with Crippen molar-refractivity contribution < 1.29 is 14.2 Å². The van der Waals surface area contributed by atoms with Crippen LogP contribution in [0, 0.1) is 11.8 Å². The maximum Gasteiger partial charge on any atom is 0.0704 e. The van der Waals surface area contributed by atoms with E-state index in [-0.39, 0.29) is 0 Å². The lowest BCUT2D eigenvalue weighted by molar-refractivity contribution is -0.0577. The Hall–Kier alpha value is -0.120. The van der Waals surface area contributed by atoms with Crippen molar-refractivity contribution in [3.8, 4) is 0 Å². The molecular formula is C18H34O3. The van der Waals surface area contributed by atoms with Crippen molar-refractivity contribution in [3.05, 3.63) is 0 Å². The van der Waals surface area contributed by atoms with Crippen molar-refractivity contribution in [2.45, 2.75) is 77.4 Å². The summed E-state index contributed by atoms with van der Waals surface area (Å²) in [5.74, 6) is 1.43. The van der Waals surface area contributed by atoms with Gasteiger partial charge in [0.1, 0.15) is 0 Å². The normalized spacial score (nSPS) is 34.0. The van der Waals surface area contributed by atoms with Crippen LogP contribution in [-0.4, -0.2) is 38.6 Å². The van der Waals surface area contributed by atoms with Crippen LogP contribution >= 0.6 is 0 Å². The molecule has 2 aliphatic carbocycles. The summed E-state index contributed by atoms with van der Waals surface area (Å²) >= 11 is 0. The van der Waals surface area contributed by atoms with Crippen molar-refractivity contribution in [1.29, 1.82) is 0 Å². The SMILES string of the molecule is CC1CCCCC1OCCOCCOC1CCCCC1C. The molecule has 0 aliphatic heterocycles. The van der Waals surface area contributed by atoms with Crippen LogP contribution in [0.2, 0.25) is 0 Å². The number of hydrogen-bond donors (Lipinski definition) is 0. The van der Waals surface area contributed by atoms with Crippen LogP contribution in [-0.2, 0) is 14.2 Å². The van der Waals surface area contributed by atoms with E-state index < -0.39 is 0 Å². The van der Waals surface area contributed by atoms with Gasteiger partial charge in [-0.05, 0) is 37.5 Å². The molecule has 3 heteroatoms. The van der Waals surface area contributed by atoms with Crippen LogP contribution in [0.5, 0.6) is 0 Å². The number of hydrogen-bond acceptors (Lipinski definition) is 3. The van der Waals surface area contributed by atoms with E-state index in [9.17, 15) is 0 Å². The lowest BCUT2D eigenvalue weighted by Crippen LogP contribution is -2.28. The molecule has 0 heterocycles. The number of rotatable bonds is 8. The van der Waals surface area contributed by atoms with Gasteiger partial charge in [0.05, 0.1) is 38.6 Å². The Morgan fingerprint density at radius 2 is 1.05 bits per heavy atom. The minimum atomic E-state index is 0.460. The summed E-state index contributed by atoms with van der Waals surface area (Å²) in [4.78, 5) is 0. The van der Waals surface area contributed by atoms with E-state index in [0.717, 1.165) is 25.0 Å². The average Bonchev–Trinajstić information content (AvgIpc) is 2.50. The second-order valence-electron chi connectivity index (χ2n) is 6.95. The third-order valence-corrected chi connectivity index (χ3v) is 5.18. The summed E-state index contributed by atoms with van der Waals surface area (Å²) in [6.45, 7) is 7.48. The van der Waals surface area contributed by atoms with Crippen LogP contribution < -0.4 is 0 Å². The van der Waals surface area contributed by atoms with Crippen LogP contribution in [0.3, 0.4) is 0 Å². The molecule has 124 valence electrons. The first-order valence-electron chi connectivity index (χ1n) is 9.08. The van der Waals surface area contributed by atoms with Crippen molar-refractivity contribution in [3.63, 3.8) is 0 Å². The Labute approximate surface area is 130 Å². The fourth-order valence-corrected chi connectivity index (χ4v) is 3.68. The maximum absolute atomic E-state index is 5.94. The van der Waals surface area contributed by atoms with Crippen LogP contribution in [0.1, 0.15) is 65.2 Å². The molecule has 21 heavy (non-hydrogen) atoms. The predicted octanol–water partition coefficient (Wildman–Crippen LogP) is 4.19. The Kier molecular flexibility index (Phi) is 8.05. The third kappa shape index (κ3) is 6.25. The molecule has 0 amide bonds. The molecule has 2 fully saturated rings. The van der Waals surface area contributed by atoms with Crippen molar-refractivity contribution >= 4 is 0 Å². The molecule has 0 aromatic rings. The van der Waals surface area contributed by atoms with E-state index in [0.29, 0.717) is 25.4 Å². The molecule has 0 radical (unpaired) electrons. The largest absolute Gasteiger partial charge is 0.377 e. The Bertz CT molecular complexity index is 243. The molecular weight excluding hydrogens is 264 g/mol. The monoisotopic (exact) mass is 298 g/mol. The second-order valence-corrected chi connectivity index (χ2v) is 6.95. The van der Waals surface area contributed by atoms with Crippen molar-refractivity contribution in [1.82, 2.24) is 0 Å². The van der Waals surface area contributed by atoms with Gasteiger partial charge in [-0.1, -0.05) is 39.5 Å². The van der Waals surface area contributed by atoms with E-state index >= 15 is 0 Å². The minimum absolute atomic E-state index is 0.460. The molecule has 4 atom stereocenters. The zero-order valence-electron chi connectivity index (χ0n) is 14.0. The molecule has 0 bridgehead atoms. The van der Waals surface area contributed by atoms with Gasteiger partial charge in [-0.3, -0.25) is 0 Å². The predicted molar refractivity (Wildman–Crippen MR) is 85.6 cm³/mol. The summed E-state index contributed by atoms with van der Waals surface area (Å²) in [5.41, 5.74) is 0. The highest BCUT2D eigenvalue weighted by Crippen LogP contribution is 2.26. The maximum atomic E-state index is 5.94. The van der Waals surface area contributed by atoms with E-state index in [4.69, 9.17) is 14.2 Å². The zero-order valence-corrected chi connectivity index (χ0v) is 14.0. The van der Waals surface area contributed by atoms with Gasteiger partial charge in [-0.2, -0.15) is 0 Å². The fourth-order valence-electron chi connectivity index (χ4n) is 3.68. The van der Waals surface area contributed by atoms with E-state index in [2.05, 4.69) is 13.8 Å². The Morgan fingerprint density at radius 3 is 1.48 bits per heavy atom. The molecule has 4 unspecified atom stereocenters. The molecule has 2 rings (SSSR count). The van der Waals surface area contributed by atoms with Gasteiger partial charge in [0.25, 0.3) is 0 Å². The van der Waals surface area contributed by atoms with Gasteiger partial charge in [-0.25, -0.2) is 0 Å². The van der Waals surface area contributed by atoms with Crippen LogP contribution in [0.15, 0.2) is 0 Å². The molecule has 0 aromatic carbocycles. The first kappa shape index (κ1) is 17.2. The lowest BCUT2D eigenvalue weighted by Gasteiger charge is -2.29. The van der Waals surface area contributed by atoms with E-state index in [1.54, 1.807) is 0 Å². The van der Waals surface area contributed by atoms with Gasteiger partial charge in [0, 0.05) is 0 Å².